The van der Waals surface area contributed by atoms with Gasteiger partial charge in [0.05, 0.1) is 5.56 Å². The first-order valence-corrected chi connectivity index (χ1v) is 6.56. The van der Waals surface area contributed by atoms with Crippen LogP contribution in [0.25, 0.3) is 16.5 Å². The molecule has 19 heavy (non-hydrogen) atoms. The molecule has 0 amide bonds. The largest absolute Gasteiger partial charge is 0.422 e. The van der Waals surface area contributed by atoms with Crippen molar-refractivity contribution in [3.05, 3.63) is 51.5 Å². The summed E-state index contributed by atoms with van der Waals surface area (Å²) in [6.07, 6.45) is 2.65. The Morgan fingerprint density at radius 3 is 3.00 bits per heavy atom. The molecular formula is C15H14N2O2. The van der Waals surface area contributed by atoms with Crippen LogP contribution in [0, 0.1) is 0 Å². The predicted octanol–water partition coefficient (Wildman–Crippen LogP) is 2.25. The van der Waals surface area contributed by atoms with Crippen molar-refractivity contribution in [1.82, 2.24) is 5.32 Å². The zero-order chi connectivity index (χ0) is 13.0. The fourth-order valence-corrected chi connectivity index (χ4v) is 3.21. The number of hydrogen-bond acceptors (Lipinski definition) is 4. The minimum Gasteiger partial charge on any atom is -0.422 e. The third kappa shape index (κ3) is 1.40. The van der Waals surface area contributed by atoms with Gasteiger partial charge in [-0.3, -0.25) is 0 Å². The molecule has 0 saturated carbocycles. The summed E-state index contributed by atoms with van der Waals surface area (Å²) in [5, 5.41) is 4.23. The molecule has 2 heterocycles. The first-order chi connectivity index (χ1) is 9.25. The average Bonchev–Trinajstić information content (AvgIpc) is 2.86. The maximum atomic E-state index is 12.2. The van der Waals surface area contributed by atoms with Crippen LogP contribution >= 0.6 is 0 Å². The fourth-order valence-electron chi connectivity index (χ4n) is 3.21. The summed E-state index contributed by atoms with van der Waals surface area (Å²) in [6.45, 7) is 0. The SMILES string of the molecule is NC1NC2=C(CCC2)c2c1c(=O)oc1ccccc21. The van der Waals surface area contributed by atoms with Crippen LogP contribution in [0.4, 0.5) is 0 Å². The van der Waals surface area contributed by atoms with Crippen molar-refractivity contribution >= 4 is 16.5 Å². The number of rotatable bonds is 0. The van der Waals surface area contributed by atoms with Gasteiger partial charge in [0, 0.05) is 16.6 Å². The zero-order valence-electron chi connectivity index (χ0n) is 10.4. The molecule has 1 aliphatic heterocycles. The number of para-hydroxylation sites is 1. The highest BCUT2D eigenvalue weighted by atomic mass is 16.4. The van der Waals surface area contributed by atoms with E-state index in [1.807, 2.05) is 24.3 Å². The van der Waals surface area contributed by atoms with Gasteiger partial charge in [0.25, 0.3) is 0 Å². The van der Waals surface area contributed by atoms with E-state index in [1.54, 1.807) is 0 Å². The van der Waals surface area contributed by atoms with Crippen LogP contribution < -0.4 is 16.7 Å². The lowest BCUT2D eigenvalue weighted by atomic mass is 9.92. The third-order valence-electron chi connectivity index (χ3n) is 4.01. The first-order valence-electron chi connectivity index (χ1n) is 6.56. The lowest BCUT2D eigenvalue weighted by Gasteiger charge is -2.26. The summed E-state index contributed by atoms with van der Waals surface area (Å²) in [7, 11) is 0. The number of fused-ring (bicyclic) bond motifs is 4. The highest BCUT2D eigenvalue weighted by Gasteiger charge is 2.31. The second-order valence-corrected chi connectivity index (χ2v) is 5.11. The number of benzene rings is 1. The van der Waals surface area contributed by atoms with Crippen molar-refractivity contribution in [2.24, 2.45) is 5.73 Å². The van der Waals surface area contributed by atoms with E-state index in [2.05, 4.69) is 5.32 Å². The molecule has 4 rings (SSSR count). The van der Waals surface area contributed by atoms with Gasteiger partial charge in [0.1, 0.15) is 11.7 Å². The second-order valence-electron chi connectivity index (χ2n) is 5.11. The highest BCUT2D eigenvalue weighted by Crippen LogP contribution is 2.41. The fraction of sp³-hybridized carbons (Fsp3) is 0.267. The Hall–Kier alpha value is -2.07. The van der Waals surface area contributed by atoms with E-state index < -0.39 is 6.17 Å². The van der Waals surface area contributed by atoms with Crippen molar-refractivity contribution in [2.45, 2.75) is 25.4 Å². The van der Waals surface area contributed by atoms with E-state index in [0.29, 0.717) is 11.1 Å². The molecular weight excluding hydrogens is 240 g/mol. The molecule has 1 aromatic heterocycles. The summed E-state index contributed by atoms with van der Waals surface area (Å²) < 4.78 is 5.38. The Morgan fingerprint density at radius 1 is 1.26 bits per heavy atom. The minimum absolute atomic E-state index is 0.327. The molecule has 1 aromatic carbocycles. The Balaban J connectivity index is 2.18. The van der Waals surface area contributed by atoms with Crippen LogP contribution in [0.1, 0.15) is 36.6 Å². The van der Waals surface area contributed by atoms with Crippen LogP contribution in [0.5, 0.6) is 0 Å². The maximum Gasteiger partial charge on any atom is 0.343 e. The molecule has 0 saturated heterocycles. The van der Waals surface area contributed by atoms with Gasteiger partial charge in [0.15, 0.2) is 0 Å². The van der Waals surface area contributed by atoms with Crippen molar-refractivity contribution < 1.29 is 4.42 Å². The third-order valence-corrected chi connectivity index (χ3v) is 4.01. The van der Waals surface area contributed by atoms with Crippen molar-refractivity contribution in [3.8, 4) is 0 Å². The van der Waals surface area contributed by atoms with Crippen molar-refractivity contribution in [3.63, 3.8) is 0 Å². The Morgan fingerprint density at radius 2 is 2.11 bits per heavy atom. The molecule has 96 valence electrons. The van der Waals surface area contributed by atoms with Crippen molar-refractivity contribution in [2.75, 3.05) is 0 Å². The van der Waals surface area contributed by atoms with E-state index in [0.717, 1.165) is 30.2 Å². The summed E-state index contributed by atoms with van der Waals surface area (Å²) in [4.78, 5) is 12.2. The molecule has 1 unspecified atom stereocenters. The molecule has 0 fully saturated rings. The monoisotopic (exact) mass is 254 g/mol. The zero-order valence-corrected chi connectivity index (χ0v) is 10.4. The molecule has 3 N–H and O–H groups in total. The summed E-state index contributed by atoms with van der Waals surface area (Å²) in [6, 6.07) is 7.67. The van der Waals surface area contributed by atoms with E-state index in [4.69, 9.17) is 10.2 Å². The molecule has 2 aromatic rings. The number of allylic oxidation sites excluding steroid dienone is 2. The topological polar surface area (TPSA) is 68.3 Å². The molecule has 1 atom stereocenters. The summed E-state index contributed by atoms with van der Waals surface area (Å²) in [5.74, 6) is 0. The molecule has 0 bridgehead atoms. The summed E-state index contributed by atoms with van der Waals surface area (Å²) >= 11 is 0. The van der Waals surface area contributed by atoms with Gasteiger partial charge in [-0.1, -0.05) is 18.2 Å². The van der Waals surface area contributed by atoms with Crippen LogP contribution in [0.2, 0.25) is 0 Å². The first kappa shape index (κ1) is 10.8. The number of nitrogens with two attached hydrogens (primary N) is 1. The van der Waals surface area contributed by atoms with Gasteiger partial charge in [-0.15, -0.1) is 0 Å². The minimum atomic E-state index is -0.465. The van der Waals surface area contributed by atoms with Gasteiger partial charge in [-0.2, -0.15) is 0 Å². The summed E-state index contributed by atoms with van der Waals surface area (Å²) in [5.41, 5.74) is 10.4. The highest BCUT2D eigenvalue weighted by molar-refractivity contribution is 5.93. The Kier molecular flexibility index (Phi) is 2.11. The predicted molar refractivity (Wildman–Crippen MR) is 73.3 cm³/mol. The quantitative estimate of drug-likeness (QED) is 0.707. The molecule has 4 nitrogen and oxygen atoms in total. The lowest BCUT2D eigenvalue weighted by Crippen LogP contribution is -2.36. The Labute approximate surface area is 109 Å². The number of hydrogen-bond donors (Lipinski definition) is 2. The molecule has 0 spiro atoms. The normalized spacial score (nSPS) is 21.2. The Bertz CT molecular complexity index is 773. The van der Waals surface area contributed by atoms with Gasteiger partial charge in [0.2, 0.25) is 0 Å². The van der Waals surface area contributed by atoms with E-state index in [1.165, 1.54) is 11.3 Å². The van der Waals surface area contributed by atoms with Gasteiger partial charge in [-0.25, -0.2) is 4.79 Å². The molecule has 4 heteroatoms. The van der Waals surface area contributed by atoms with E-state index >= 15 is 0 Å². The molecule has 1 aliphatic carbocycles. The van der Waals surface area contributed by atoms with Gasteiger partial charge in [-0.05, 0) is 30.9 Å². The van der Waals surface area contributed by atoms with Gasteiger partial charge >= 0.3 is 5.63 Å². The van der Waals surface area contributed by atoms with Crippen molar-refractivity contribution in [1.29, 1.82) is 0 Å². The van der Waals surface area contributed by atoms with E-state index in [-0.39, 0.29) is 5.63 Å². The smallest absolute Gasteiger partial charge is 0.343 e. The standard InChI is InChI=1S/C15H14N2O2/c16-14-13-12(8-5-3-6-10(8)17-14)9-4-1-2-7-11(9)19-15(13)18/h1-2,4,7,14,17H,3,5-6,16H2. The van der Waals surface area contributed by atoms with E-state index in [9.17, 15) is 4.79 Å². The van der Waals surface area contributed by atoms with Crippen LogP contribution in [0.15, 0.2) is 39.2 Å². The maximum absolute atomic E-state index is 12.2. The lowest BCUT2D eigenvalue weighted by molar-refractivity contribution is 0.514. The number of nitrogens with one attached hydrogen (secondary N) is 1. The van der Waals surface area contributed by atoms with Gasteiger partial charge < -0.3 is 15.5 Å². The van der Waals surface area contributed by atoms with Crippen LogP contribution in [0.3, 0.4) is 0 Å². The average molecular weight is 254 g/mol. The molecule has 0 radical (unpaired) electrons. The second kappa shape index (κ2) is 3.71. The van der Waals surface area contributed by atoms with Crippen LogP contribution in [-0.4, -0.2) is 0 Å². The molecule has 2 aliphatic rings. The van der Waals surface area contributed by atoms with Crippen LogP contribution in [-0.2, 0) is 0 Å².